The van der Waals surface area contributed by atoms with Gasteiger partial charge in [-0.1, -0.05) is 0 Å². The van der Waals surface area contributed by atoms with Crippen LogP contribution in [0.4, 0.5) is 11.4 Å². The van der Waals surface area contributed by atoms with Crippen LogP contribution in [0.3, 0.4) is 0 Å². The highest BCUT2D eigenvalue weighted by atomic mass is 32.1. The van der Waals surface area contributed by atoms with Crippen molar-refractivity contribution in [1.29, 1.82) is 0 Å². The van der Waals surface area contributed by atoms with Crippen LogP contribution in [-0.2, 0) is 4.74 Å². The number of nitrogens with one attached hydrogen (secondary N) is 2. The summed E-state index contributed by atoms with van der Waals surface area (Å²) in [5, 5.41) is 4.68. The molecule has 0 radical (unpaired) electrons. The highest BCUT2D eigenvalue weighted by molar-refractivity contribution is 7.21. The van der Waals surface area contributed by atoms with E-state index in [-0.39, 0.29) is 11.9 Å². The van der Waals surface area contributed by atoms with Gasteiger partial charge >= 0.3 is 0 Å². The summed E-state index contributed by atoms with van der Waals surface area (Å²) < 4.78 is 6.30. The maximum Gasteiger partial charge on any atom is 0.264 e. The molecule has 154 valence electrons. The molecule has 0 bridgehead atoms. The first-order valence-corrected chi connectivity index (χ1v) is 11.0. The average Bonchev–Trinajstić information content (AvgIpc) is 3.45. The predicted octanol–water partition coefficient (Wildman–Crippen LogP) is 5.08. The number of benzene rings is 1. The minimum absolute atomic E-state index is 0.0766. The van der Waals surface area contributed by atoms with Gasteiger partial charge in [0.2, 0.25) is 0 Å². The van der Waals surface area contributed by atoms with E-state index in [1.54, 1.807) is 13.3 Å². The largest absolute Gasteiger partial charge is 0.383 e. The summed E-state index contributed by atoms with van der Waals surface area (Å²) in [6, 6.07) is 12.4. The first-order chi connectivity index (χ1) is 14.6. The van der Waals surface area contributed by atoms with Gasteiger partial charge in [0.05, 0.1) is 33.4 Å². The molecule has 0 saturated carbocycles. The van der Waals surface area contributed by atoms with Crippen LogP contribution in [0.5, 0.6) is 0 Å². The van der Waals surface area contributed by atoms with Gasteiger partial charge < -0.3 is 19.9 Å². The van der Waals surface area contributed by atoms with Crippen LogP contribution < -0.4 is 5.32 Å². The Bertz CT molecular complexity index is 1230. The lowest BCUT2D eigenvalue weighted by Gasteiger charge is -2.23. The number of likely N-dealkylation sites (tertiary alicyclic amines) is 1. The van der Waals surface area contributed by atoms with Gasteiger partial charge in [0, 0.05) is 42.1 Å². The van der Waals surface area contributed by atoms with Crippen LogP contribution in [0.15, 0.2) is 42.6 Å². The van der Waals surface area contributed by atoms with Gasteiger partial charge in [-0.15, -0.1) is 11.3 Å². The lowest BCUT2D eigenvalue weighted by molar-refractivity contribution is 0.0635. The molecule has 0 aliphatic carbocycles. The van der Waals surface area contributed by atoms with E-state index in [0.717, 1.165) is 57.1 Å². The summed E-state index contributed by atoms with van der Waals surface area (Å²) in [5.41, 5.74) is 5.08. The van der Waals surface area contributed by atoms with E-state index < -0.39 is 0 Å². The van der Waals surface area contributed by atoms with Gasteiger partial charge in [0.1, 0.15) is 0 Å². The van der Waals surface area contributed by atoms with Crippen molar-refractivity contribution in [2.75, 3.05) is 25.6 Å². The molecule has 4 heterocycles. The number of ether oxygens (including phenoxy) is 1. The molecule has 2 N–H and O–H groups in total. The van der Waals surface area contributed by atoms with E-state index in [1.165, 1.54) is 16.7 Å². The van der Waals surface area contributed by atoms with Gasteiger partial charge in [0.15, 0.2) is 0 Å². The molecule has 4 aromatic rings. The van der Waals surface area contributed by atoms with E-state index in [4.69, 9.17) is 4.74 Å². The first-order valence-electron chi connectivity index (χ1n) is 10.2. The fourth-order valence-electron chi connectivity index (χ4n) is 4.26. The number of pyridine rings is 1. The summed E-state index contributed by atoms with van der Waals surface area (Å²) in [7, 11) is 1.69. The minimum atomic E-state index is 0.0766. The zero-order valence-corrected chi connectivity index (χ0v) is 17.9. The number of aryl methyl sites for hydroxylation is 1. The number of carbonyl (C=O) groups excluding carboxylic acids is 1. The molecule has 6 nitrogen and oxygen atoms in total. The van der Waals surface area contributed by atoms with E-state index in [0.29, 0.717) is 6.61 Å². The van der Waals surface area contributed by atoms with Crippen molar-refractivity contribution >= 4 is 49.7 Å². The third-order valence-corrected chi connectivity index (χ3v) is 6.80. The fraction of sp³-hybridized carbons (Fsp3) is 0.304. The standard InChI is InChI=1S/C23H24N4O2S/c1-14-10-15-11-16(5-6-18(15)25-14)26-19-7-8-24-20-12-21(30-22(19)20)23(28)27-9-3-4-17(27)13-29-2/h5-8,10-12,17,25H,3-4,9,13H2,1-2H3,(H,24,26). The molecule has 1 atom stereocenters. The smallest absolute Gasteiger partial charge is 0.264 e. The first kappa shape index (κ1) is 19.1. The molecule has 1 aromatic carbocycles. The lowest BCUT2D eigenvalue weighted by atomic mass is 10.2. The van der Waals surface area contributed by atoms with Crippen LogP contribution in [0.2, 0.25) is 0 Å². The molecule has 7 heteroatoms. The highest BCUT2D eigenvalue weighted by Gasteiger charge is 2.30. The topological polar surface area (TPSA) is 70.2 Å². The second kappa shape index (κ2) is 7.74. The number of thiophene rings is 1. The van der Waals surface area contributed by atoms with Crippen molar-refractivity contribution in [3.63, 3.8) is 0 Å². The molecule has 1 unspecified atom stereocenters. The van der Waals surface area contributed by atoms with Gasteiger partial charge in [-0.2, -0.15) is 0 Å². The van der Waals surface area contributed by atoms with E-state index >= 15 is 0 Å². The Labute approximate surface area is 178 Å². The average molecular weight is 421 g/mol. The molecule has 1 saturated heterocycles. The number of nitrogens with zero attached hydrogens (tertiary/aromatic N) is 2. The Morgan fingerprint density at radius 3 is 3.10 bits per heavy atom. The number of hydrogen-bond acceptors (Lipinski definition) is 5. The molecule has 1 aliphatic rings. The Morgan fingerprint density at radius 2 is 2.23 bits per heavy atom. The summed E-state index contributed by atoms with van der Waals surface area (Å²) in [5.74, 6) is 0.0766. The number of hydrogen-bond donors (Lipinski definition) is 2. The molecule has 30 heavy (non-hydrogen) atoms. The third-order valence-electron chi connectivity index (χ3n) is 5.65. The Morgan fingerprint density at radius 1 is 1.33 bits per heavy atom. The second-order valence-corrected chi connectivity index (χ2v) is 8.87. The summed E-state index contributed by atoms with van der Waals surface area (Å²) >= 11 is 1.50. The quantitative estimate of drug-likeness (QED) is 0.472. The number of carbonyl (C=O) groups is 1. The van der Waals surface area contributed by atoms with Crippen molar-refractivity contribution in [2.45, 2.75) is 25.8 Å². The van der Waals surface area contributed by atoms with Gasteiger partial charge in [0.25, 0.3) is 5.91 Å². The summed E-state index contributed by atoms with van der Waals surface area (Å²) in [4.78, 5) is 23.7. The van der Waals surface area contributed by atoms with Crippen LogP contribution in [0, 0.1) is 6.92 Å². The summed E-state index contributed by atoms with van der Waals surface area (Å²) in [6.45, 7) is 3.43. The number of aromatic nitrogens is 2. The monoisotopic (exact) mass is 420 g/mol. The van der Waals surface area contributed by atoms with Gasteiger partial charge in [-0.25, -0.2) is 0 Å². The van der Waals surface area contributed by atoms with Crippen LogP contribution in [0.25, 0.3) is 21.1 Å². The maximum absolute atomic E-state index is 13.1. The molecule has 1 amide bonds. The third kappa shape index (κ3) is 3.44. The Balaban J connectivity index is 1.45. The Hall–Kier alpha value is -2.90. The van der Waals surface area contributed by atoms with Crippen molar-refractivity contribution in [3.8, 4) is 0 Å². The molecule has 1 fully saturated rings. The van der Waals surface area contributed by atoms with Crippen molar-refractivity contribution in [2.24, 2.45) is 0 Å². The normalized spacial score (nSPS) is 16.6. The van der Waals surface area contributed by atoms with Crippen LogP contribution in [0.1, 0.15) is 28.2 Å². The number of fused-ring (bicyclic) bond motifs is 2. The molecular formula is C23H24N4O2S. The van der Waals surface area contributed by atoms with Crippen molar-refractivity contribution in [3.05, 3.63) is 53.2 Å². The van der Waals surface area contributed by atoms with Crippen LogP contribution >= 0.6 is 11.3 Å². The number of amides is 1. The van der Waals surface area contributed by atoms with Gasteiger partial charge in [-0.3, -0.25) is 9.78 Å². The molecule has 3 aromatic heterocycles. The van der Waals surface area contributed by atoms with E-state index in [2.05, 4.69) is 46.5 Å². The SMILES string of the molecule is COCC1CCCN1C(=O)c1cc2nccc(Nc3ccc4[nH]c(C)cc4c3)c2s1. The number of H-pyrrole nitrogens is 1. The fourth-order valence-corrected chi connectivity index (χ4v) is 5.30. The molecule has 1 aliphatic heterocycles. The molecular weight excluding hydrogens is 396 g/mol. The zero-order valence-electron chi connectivity index (χ0n) is 17.1. The van der Waals surface area contributed by atoms with Crippen LogP contribution in [-0.4, -0.2) is 47.1 Å². The summed E-state index contributed by atoms with van der Waals surface area (Å²) in [6.07, 6.45) is 3.81. The molecule has 0 spiro atoms. The van der Waals surface area contributed by atoms with Gasteiger partial charge in [-0.05, 0) is 56.2 Å². The highest BCUT2D eigenvalue weighted by Crippen LogP contribution is 2.34. The number of methoxy groups -OCH3 is 1. The minimum Gasteiger partial charge on any atom is -0.383 e. The number of anilines is 2. The maximum atomic E-state index is 13.1. The second-order valence-electron chi connectivity index (χ2n) is 7.81. The predicted molar refractivity (Wildman–Crippen MR) is 122 cm³/mol. The molecule has 5 rings (SSSR count). The van der Waals surface area contributed by atoms with Crippen molar-refractivity contribution < 1.29 is 9.53 Å². The zero-order chi connectivity index (χ0) is 20.7. The number of rotatable bonds is 5. The Kier molecular flexibility index (Phi) is 4.92. The lowest BCUT2D eigenvalue weighted by Crippen LogP contribution is -2.37. The van der Waals surface area contributed by atoms with E-state index in [1.807, 2.05) is 17.0 Å². The van der Waals surface area contributed by atoms with E-state index in [9.17, 15) is 4.79 Å². The number of aromatic amines is 1. The van der Waals surface area contributed by atoms with Crippen molar-refractivity contribution in [1.82, 2.24) is 14.9 Å².